The van der Waals surface area contributed by atoms with E-state index in [1.807, 2.05) is 20.9 Å². The summed E-state index contributed by atoms with van der Waals surface area (Å²) in [6.45, 7) is 3.88. The highest BCUT2D eigenvalue weighted by Crippen LogP contribution is 2.22. The van der Waals surface area contributed by atoms with Gasteiger partial charge in [0.25, 0.3) is 0 Å². The lowest BCUT2D eigenvalue weighted by atomic mass is 10.0. The number of carbonyl (C=O) groups is 1. The van der Waals surface area contributed by atoms with Crippen LogP contribution in [-0.2, 0) is 4.79 Å². The van der Waals surface area contributed by atoms with Gasteiger partial charge in [-0.25, -0.2) is 4.98 Å². The number of nitrogens with zero attached hydrogens (tertiary/aromatic N) is 3. The lowest BCUT2D eigenvalue weighted by Gasteiger charge is -2.30. The second kappa shape index (κ2) is 5.58. The van der Waals surface area contributed by atoms with E-state index in [2.05, 4.69) is 11.9 Å². The van der Waals surface area contributed by atoms with Crippen molar-refractivity contribution >= 4 is 39.9 Å². The number of fused-ring (bicyclic) bond motifs is 1. The first kappa shape index (κ1) is 13.6. The van der Waals surface area contributed by atoms with E-state index in [1.165, 1.54) is 17.8 Å². The minimum atomic E-state index is 0.0535. The van der Waals surface area contributed by atoms with Gasteiger partial charge >= 0.3 is 0 Å². The predicted molar refractivity (Wildman–Crippen MR) is 82.1 cm³/mol. The zero-order valence-electron chi connectivity index (χ0n) is 11.3. The molecule has 106 valence electrons. The highest BCUT2D eigenvalue weighted by molar-refractivity contribution is 7.15. The van der Waals surface area contributed by atoms with Crippen molar-refractivity contribution in [1.29, 1.82) is 0 Å². The van der Waals surface area contributed by atoms with Crippen molar-refractivity contribution in [3.63, 3.8) is 0 Å². The fourth-order valence-corrected chi connectivity index (χ4v) is 3.58. The number of amides is 1. The smallest absolute Gasteiger partial charge is 0.246 e. The number of carbonyl (C=O) groups excluding carboxylic acids is 1. The molecule has 1 aliphatic rings. The van der Waals surface area contributed by atoms with Gasteiger partial charge in [-0.2, -0.15) is 0 Å². The minimum Gasteiger partial charge on any atom is -0.339 e. The van der Waals surface area contributed by atoms with Crippen LogP contribution in [0.2, 0.25) is 5.15 Å². The number of thiazole rings is 1. The summed E-state index contributed by atoms with van der Waals surface area (Å²) in [5.41, 5.74) is 0.765. The van der Waals surface area contributed by atoms with Crippen LogP contribution in [0.5, 0.6) is 0 Å². The van der Waals surface area contributed by atoms with Crippen molar-refractivity contribution in [2.45, 2.75) is 19.8 Å². The van der Waals surface area contributed by atoms with Gasteiger partial charge in [-0.1, -0.05) is 18.5 Å². The maximum atomic E-state index is 12.2. The zero-order valence-corrected chi connectivity index (χ0v) is 12.8. The lowest BCUT2D eigenvalue weighted by Crippen LogP contribution is -2.38. The summed E-state index contributed by atoms with van der Waals surface area (Å²) in [4.78, 5) is 19.2. The van der Waals surface area contributed by atoms with Gasteiger partial charge in [-0.05, 0) is 24.8 Å². The summed E-state index contributed by atoms with van der Waals surface area (Å²) in [5, 5.41) is 2.39. The predicted octanol–water partition coefficient (Wildman–Crippen LogP) is 3.32. The Bertz CT molecular complexity index is 660. The first-order valence-electron chi connectivity index (χ1n) is 6.73. The quantitative estimate of drug-likeness (QED) is 0.798. The molecule has 0 saturated carbocycles. The van der Waals surface area contributed by atoms with E-state index < -0.39 is 0 Å². The Labute approximate surface area is 126 Å². The molecule has 0 N–H and O–H groups in total. The third kappa shape index (κ3) is 2.60. The topological polar surface area (TPSA) is 37.6 Å². The summed E-state index contributed by atoms with van der Waals surface area (Å²) < 4.78 is 1.90. The van der Waals surface area contributed by atoms with Crippen LogP contribution in [0.15, 0.2) is 17.7 Å². The second-order valence-electron chi connectivity index (χ2n) is 5.21. The normalized spacial score (nSPS) is 20.1. The molecule has 1 aliphatic heterocycles. The molecule has 2 aromatic rings. The second-order valence-corrected chi connectivity index (χ2v) is 6.44. The van der Waals surface area contributed by atoms with Gasteiger partial charge in [0, 0.05) is 30.7 Å². The number of hydrogen-bond donors (Lipinski definition) is 0. The molecule has 3 heterocycles. The van der Waals surface area contributed by atoms with Crippen LogP contribution in [0.1, 0.15) is 25.5 Å². The molecule has 1 unspecified atom stereocenters. The van der Waals surface area contributed by atoms with Crippen LogP contribution < -0.4 is 0 Å². The molecule has 0 radical (unpaired) electrons. The summed E-state index contributed by atoms with van der Waals surface area (Å²) in [7, 11) is 0. The van der Waals surface area contributed by atoms with Crippen molar-refractivity contribution in [3.05, 3.63) is 28.5 Å². The molecule has 2 aromatic heterocycles. The number of likely N-dealkylation sites (tertiary alicyclic amines) is 1. The Morgan fingerprint density at radius 2 is 2.45 bits per heavy atom. The SMILES string of the molecule is CC1CCCN(C(=O)/C=C/c2c(Cl)nc3sccn23)C1. The Balaban J connectivity index is 1.78. The number of rotatable bonds is 2. The summed E-state index contributed by atoms with van der Waals surface area (Å²) in [5.74, 6) is 0.640. The van der Waals surface area contributed by atoms with Gasteiger partial charge in [0.15, 0.2) is 10.1 Å². The average Bonchev–Trinajstić information content (AvgIpc) is 2.97. The molecular formula is C14H16ClN3OS. The van der Waals surface area contributed by atoms with Gasteiger partial charge in [-0.3, -0.25) is 9.20 Å². The van der Waals surface area contributed by atoms with Crippen molar-refractivity contribution in [3.8, 4) is 0 Å². The summed E-state index contributed by atoms with van der Waals surface area (Å²) in [6, 6.07) is 0. The van der Waals surface area contributed by atoms with E-state index in [9.17, 15) is 4.79 Å². The van der Waals surface area contributed by atoms with Gasteiger partial charge < -0.3 is 4.90 Å². The van der Waals surface area contributed by atoms with Crippen LogP contribution in [0, 0.1) is 5.92 Å². The van der Waals surface area contributed by atoms with Crippen molar-refractivity contribution in [2.75, 3.05) is 13.1 Å². The summed E-state index contributed by atoms with van der Waals surface area (Å²) >= 11 is 7.62. The fourth-order valence-electron chi connectivity index (χ4n) is 2.57. The van der Waals surface area contributed by atoms with E-state index in [0.29, 0.717) is 11.1 Å². The van der Waals surface area contributed by atoms with Gasteiger partial charge in [-0.15, -0.1) is 11.3 Å². The number of piperidine rings is 1. The highest BCUT2D eigenvalue weighted by atomic mass is 35.5. The van der Waals surface area contributed by atoms with Crippen LogP contribution in [0.3, 0.4) is 0 Å². The number of imidazole rings is 1. The first-order valence-corrected chi connectivity index (χ1v) is 7.99. The Morgan fingerprint density at radius 1 is 1.60 bits per heavy atom. The summed E-state index contributed by atoms with van der Waals surface area (Å²) in [6.07, 6.45) is 7.56. The van der Waals surface area contributed by atoms with Crippen LogP contribution in [0.25, 0.3) is 11.0 Å². The van der Waals surface area contributed by atoms with Crippen molar-refractivity contribution in [2.24, 2.45) is 5.92 Å². The van der Waals surface area contributed by atoms with E-state index in [1.54, 1.807) is 12.2 Å². The first-order chi connectivity index (χ1) is 9.65. The number of halogens is 1. The molecule has 1 atom stereocenters. The molecule has 4 nitrogen and oxygen atoms in total. The molecule has 0 aliphatic carbocycles. The van der Waals surface area contributed by atoms with E-state index in [0.717, 1.165) is 30.2 Å². The lowest BCUT2D eigenvalue weighted by molar-refractivity contribution is -0.127. The van der Waals surface area contributed by atoms with Crippen molar-refractivity contribution in [1.82, 2.24) is 14.3 Å². The largest absolute Gasteiger partial charge is 0.339 e. The van der Waals surface area contributed by atoms with Gasteiger partial charge in [0.1, 0.15) is 0 Å². The average molecular weight is 310 g/mol. The molecule has 3 rings (SSSR count). The van der Waals surface area contributed by atoms with E-state index in [4.69, 9.17) is 11.6 Å². The molecule has 20 heavy (non-hydrogen) atoms. The Hall–Kier alpha value is -1.33. The van der Waals surface area contributed by atoms with Crippen LogP contribution in [0.4, 0.5) is 0 Å². The number of aromatic nitrogens is 2. The molecule has 1 saturated heterocycles. The zero-order chi connectivity index (χ0) is 14.1. The van der Waals surface area contributed by atoms with E-state index >= 15 is 0 Å². The third-order valence-corrected chi connectivity index (χ3v) is 4.64. The maximum absolute atomic E-state index is 12.2. The highest BCUT2D eigenvalue weighted by Gasteiger charge is 2.19. The maximum Gasteiger partial charge on any atom is 0.246 e. The Morgan fingerprint density at radius 3 is 3.25 bits per heavy atom. The fraction of sp³-hybridized carbons (Fsp3) is 0.429. The molecule has 0 aromatic carbocycles. The van der Waals surface area contributed by atoms with Gasteiger partial charge in [0.05, 0.1) is 5.69 Å². The third-order valence-electron chi connectivity index (χ3n) is 3.61. The van der Waals surface area contributed by atoms with Crippen LogP contribution in [-0.4, -0.2) is 33.3 Å². The molecule has 0 spiro atoms. The van der Waals surface area contributed by atoms with Crippen LogP contribution >= 0.6 is 22.9 Å². The standard InChI is InChI=1S/C14H16ClN3OS/c1-10-3-2-6-17(9-10)12(19)5-4-11-13(15)16-14-18(11)7-8-20-14/h4-5,7-8,10H,2-3,6,9H2,1H3/b5-4+. The molecule has 0 bridgehead atoms. The molecule has 6 heteroatoms. The van der Waals surface area contributed by atoms with E-state index in [-0.39, 0.29) is 5.91 Å². The Kier molecular flexibility index (Phi) is 3.81. The molecule has 1 fully saturated rings. The molecule has 1 amide bonds. The monoisotopic (exact) mass is 309 g/mol. The molecular weight excluding hydrogens is 294 g/mol. The van der Waals surface area contributed by atoms with Crippen molar-refractivity contribution < 1.29 is 4.79 Å². The van der Waals surface area contributed by atoms with Gasteiger partial charge in [0.2, 0.25) is 5.91 Å². The minimum absolute atomic E-state index is 0.0535. The number of hydrogen-bond acceptors (Lipinski definition) is 3.